The van der Waals surface area contributed by atoms with Gasteiger partial charge in [-0.15, -0.1) is 0 Å². The molecule has 0 aliphatic rings. The topological polar surface area (TPSA) is 63.6 Å². The maximum atomic E-state index is 11.5. The first-order valence-corrected chi connectivity index (χ1v) is 6.76. The Morgan fingerprint density at radius 1 is 1.47 bits per heavy atom. The smallest absolute Gasteiger partial charge is 0.179 e. The number of ether oxygens (including phenoxy) is 1. The molecule has 0 bridgehead atoms. The monoisotopic (exact) mass is 294 g/mol. The van der Waals surface area contributed by atoms with Crippen LogP contribution in [0, 0.1) is 0 Å². The van der Waals surface area contributed by atoms with Crippen LogP contribution in [-0.2, 0) is 16.4 Å². The van der Waals surface area contributed by atoms with E-state index in [2.05, 4.69) is 15.9 Å². The molecule has 0 aliphatic heterocycles. The summed E-state index contributed by atoms with van der Waals surface area (Å²) < 4.78 is 28.4. The van der Waals surface area contributed by atoms with Crippen LogP contribution in [0.2, 0.25) is 0 Å². The first-order valence-electron chi connectivity index (χ1n) is 4.07. The highest BCUT2D eigenvalue weighted by Crippen LogP contribution is 2.33. The number of rotatable bonds is 3. The molecule has 0 fully saturated rings. The summed E-state index contributed by atoms with van der Waals surface area (Å²) in [6.07, 6.45) is 1.10. The summed E-state index contributed by atoms with van der Waals surface area (Å²) in [7, 11) is -1.97. The number of hydrogen-bond acceptors (Lipinski definition) is 4. The zero-order valence-electron chi connectivity index (χ0n) is 8.32. The van der Waals surface area contributed by atoms with E-state index < -0.39 is 9.84 Å². The fourth-order valence-electron chi connectivity index (χ4n) is 1.19. The maximum absolute atomic E-state index is 11.5. The molecule has 0 amide bonds. The lowest BCUT2D eigenvalue weighted by Gasteiger charge is -2.10. The Bertz CT molecular complexity index is 467. The van der Waals surface area contributed by atoms with E-state index in [0.717, 1.165) is 6.26 Å². The van der Waals surface area contributed by atoms with Crippen LogP contribution < -0.4 is 4.74 Å². The molecule has 4 nitrogen and oxygen atoms in total. The molecule has 1 N–H and O–H groups in total. The lowest BCUT2D eigenvalue weighted by molar-refractivity contribution is 0.281. The number of aliphatic hydroxyl groups excluding tert-OH is 1. The van der Waals surface area contributed by atoms with Crippen LogP contribution in [0.15, 0.2) is 21.5 Å². The van der Waals surface area contributed by atoms with Crippen molar-refractivity contribution in [1.29, 1.82) is 0 Å². The lowest BCUT2D eigenvalue weighted by Crippen LogP contribution is -2.03. The molecular formula is C9H11BrO4S. The minimum absolute atomic E-state index is 0.0726. The highest BCUT2D eigenvalue weighted by Gasteiger charge is 2.18. The first-order chi connectivity index (χ1) is 6.90. The fourth-order valence-corrected chi connectivity index (χ4v) is 2.88. The summed E-state index contributed by atoms with van der Waals surface area (Å²) in [6, 6.07) is 3.02. The van der Waals surface area contributed by atoms with Crippen molar-refractivity contribution in [3.8, 4) is 5.75 Å². The molecule has 0 unspecified atom stereocenters. The zero-order chi connectivity index (χ0) is 11.6. The SMILES string of the molecule is COc1c(Br)cc(CO)cc1S(C)(=O)=O. The molecule has 1 aromatic carbocycles. The molecule has 0 radical (unpaired) electrons. The van der Waals surface area contributed by atoms with Gasteiger partial charge < -0.3 is 9.84 Å². The van der Waals surface area contributed by atoms with Crippen molar-refractivity contribution in [1.82, 2.24) is 0 Å². The van der Waals surface area contributed by atoms with E-state index in [1.807, 2.05) is 0 Å². The molecule has 15 heavy (non-hydrogen) atoms. The molecule has 84 valence electrons. The Labute approximate surface area is 96.9 Å². The summed E-state index contributed by atoms with van der Waals surface area (Å²) in [4.78, 5) is 0.0726. The van der Waals surface area contributed by atoms with Gasteiger partial charge in [0.1, 0.15) is 4.90 Å². The van der Waals surface area contributed by atoms with E-state index in [1.165, 1.54) is 13.2 Å². The van der Waals surface area contributed by atoms with Crippen molar-refractivity contribution >= 4 is 25.8 Å². The van der Waals surface area contributed by atoms with Crippen LogP contribution in [0.5, 0.6) is 5.75 Å². The molecule has 0 atom stereocenters. The van der Waals surface area contributed by atoms with Gasteiger partial charge in [-0.1, -0.05) is 0 Å². The summed E-state index contributed by atoms with van der Waals surface area (Å²) >= 11 is 3.19. The zero-order valence-corrected chi connectivity index (χ0v) is 10.7. The quantitative estimate of drug-likeness (QED) is 0.914. The van der Waals surface area contributed by atoms with E-state index in [4.69, 9.17) is 9.84 Å². The highest BCUT2D eigenvalue weighted by molar-refractivity contribution is 9.10. The predicted molar refractivity (Wildman–Crippen MR) is 59.7 cm³/mol. The average molecular weight is 295 g/mol. The maximum Gasteiger partial charge on any atom is 0.179 e. The van der Waals surface area contributed by atoms with Gasteiger partial charge in [0.25, 0.3) is 0 Å². The highest BCUT2D eigenvalue weighted by atomic mass is 79.9. The number of hydrogen-bond donors (Lipinski definition) is 1. The predicted octanol–water partition coefficient (Wildman–Crippen LogP) is 1.35. The van der Waals surface area contributed by atoms with Crippen molar-refractivity contribution in [3.05, 3.63) is 22.2 Å². The second-order valence-corrected chi connectivity index (χ2v) is 5.88. The van der Waals surface area contributed by atoms with Crippen LogP contribution in [0.4, 0.5) is 0 Å². The van der Waals surface area contributed by atoms with Crippen molar-refractivity contribution in [3.63, 3.8) is 0 Å². The number of aliphatic hydroxyl groups is 1. The third-order valence-electron chi connectivity index (χ3n) is 1.86. The van der Waals surface area contributed by atoms with Crippen LogP contribution in [0.3, 0.4) is 0 Å². The average Bonchev–Trinajstić information content (AvgIpc) is 2.15. The van der Waals surface area contributed by atoms with Gasteiger partial charge in [0.15, 0.2) is 15.6 Å². The van der Waals surface area contributed by atoms with Gasteiger partial charge in [-0.25, -0.2) is 8.42 Å². The summed E-state index contributed by atoms with van der Waals surface area (Å²) in [5.41, 5.74) is 0.517. The van der Waals surface area contributed by atoms with Crippen LogP contribution in [-0.4, -0.2) is 26.9 Å². The number of methoxy groups -OCH3 is 1. The normalized spacial score (nSPS) is 11.5. The van der Waals surface area contributed by atoms with Gasteiger partial charge in [0, 0.05) is 6.26 Å². The van der Waals surface area contributed by atoms with Crippen LogP contribution >= 0.6 is 15.9 Å². The second kappa shape index (κ2) is 4.51. The Balaban J connectivity index is 3.53. The molecule has 0 aliphatic carbocycles. The number of benzene rings is 1. The summed E-state index contributed by atoms with van der Waals surface area (Å²) in [5, 5.41) is 8.96. The standard InChI is InChI=1S/C9H11BrO4S/c1-14-9-7(10)3-6(5-11)4-8(9)15(2,12)13/h3-4,11H,5H2,1-2H3. The largest absolute Gasteiger partial charge is 0.494 e. The molecule has 0 aromatic heterocycles. The second-order valence-electron chi connectivity index (χ2n) is 3.04. The Kier molecular flexibility index (Phi) is 3.75. The van der Waals surface area contributed by atoms with Gasteiger partial charge in [0.2, 0.25) is 0 Å². The van der Waals surface area contributed by atoms with E-state index in [0.29, 0.717) is 10.0 Å². The van der Waals surface area contributed by atoms with E-state index in [1.54, 1.807) is 6.07 Å². The summed E-state index contributed by atoms with van der Waals surface area (Å²) in [5.74, 6) is 0.259. The van der Waals surface area contributed by atoms with E-state index in [9.17, 15) is 8.42 Å². The molecule has 1 rings (SSSR count). The minimum atomic E-state index is -3.37. The van der Waals surface area contributed by atoms with Gasteiger partial charge in [-0.2, -0.15) is 0 Å². The number of sulfone groups is 1. The molecular weight excluding hydrogens is 284 g/mol. The lowest BCUT2D eigenvalue weighted by atomic mass is 10.2. The minimum Gasteiger partial charge on any atom is -0.494 e. The molecule has 6 heteroatoms. The van der Waals surface area contributed by atoms with Crippen molar-refractivity contribution in [2.45, 2.75) is 11.5 Å². The fraction of sp³-hybridized carbons (Fsp3) is 0.333. The van der Waals surface area contributed by atoms with Gasteiger partial charge in [-0.3, -0.25) is 0 Å². The van der Waals surface area contributed by atoms with Crippen molar-refractivity contribution in [2.24, 2.45) is 0 Å². The van der Waals surface area contributed by atoms with Gasteiger partial charge >= 0.3 is 0 Å². The van der Waals surface area contributed by atoms with E-state index >= 15 is 0 Å². The molecule has 0 spiro atoms. The molecule has 1 aromatic rings. The Morgan fingerprint density at radius 3 is 2.47 bits per heavy atom. The van der Waals surface area contributed by atoms with Crippen molar-refractivity contribution < 1.29 is 18.3 Å². The molecule has 0 heterocycles. The Hall–Kier alpha value is -0.590. The van der Waals surface area contributed by atoms with Crippen LogP contribution in [0.1, 0.15) is 5.56 Å². The van der Waals surface area contributed by atoms with E-state index in [-0.39, 0.29) is 17.3 Å². The van der Waals surface area contributed by atoms with Gasteiger partial charge in [-0.05, 0) is 33.6 Å². The molecule has 0 saturated heterocycles. The van der Waals surface area contributed by atoms with Gasteiger partial charge in [0.05, 0.1) is 18.2 Å². The number of halogens is 1. The Morgan fingerprint density at radius 2 is 2.07 bits per heavy atom. The van der Waals surface area contributed by atoms with Crippen LogP contribution in [0.25, 0.3) is 0 Å². The third-order valence-corrected chi connectivity index (χ3v) is 3.55. The first kappa shape index (κ1) is 12.5. The third kappa shape index (κ3) is 2.70. The molecule has 0 saturated carbocycles. The van der Waals surface area contributed by atoms with Crippen molar-refractivity contribution in [2.75, 3.05) is 13.4 Å². The summed E-state index contributed by atoms with van der Waals surface area (Å²) in [6.45, 7) is -0.217.